The second kappa shape index (κ2) is 7.60. The lowest BCUT2D eigenvalue weighted by Gasteiger charge is -2.06. The summed E-state index contributed by atoms with van der Waals surface area (Å²) in [5.74, 6) is 1.30. The molecule has 0 spiro atoms. The van der Waals surface area contributed by atoms with Gasteiger partial charge in [-0.25, -0.2) is 4.39 Å². The van der Waals surface area contributed by atoms with Gasteiger partial charge in [0.05, 0.1) is 0 Å². The minimum atomic E-state index is -0.278. The molecule has 3 aromatic carbocycles. The molecule has 0 amide bonds. The van der Waals surface area contributed by atoms with E-state index in [9.17, 15) is 4.39 Å². The summed E-state index contributed by atoms with van der Waals surface area (Å²) < 4.78 is 24.2. The van der Waals surface area contributed by atoms with E-state index in [-0.39, 0.29) is 5.82 Å². The van der Waals surface area contributed by atoms with Crippen LogP contribution in [-0.2, 0) is 6.61 Å². The summed E-state index contributed by atoms with van der Waals surface area (Å²) in [5.41, 5.74) is 2.37. The maximum absolute atomic E-state index is 13.2. The van der Waals surface area contributed by atoms with Crippen LogP contribution in [0.25, 0.3) is 22.8 Å². The number of halogens is 2. The van der Waals surface area contributed by atoms with Gasteiger partial charge in [0.2, 0.25) is 5.82 Å². The van der Waals surface area contributed by atoms with Gasteiger partial charge >= 0.3 is 0 Å². The quantitative estimate of drug-likeness (QED) is 0.440. The van der Waals surface area contributed by atoms with E-state index < -0.39 is 0 Å². The zero-order chi connectivity index (χ0) is 18.6. The number of hydrogen-bond acceptors (Lipinski definition) is 4. The van der Waals surface area contributed by atoms with E-state index in [2.05, 4.69) is 10.1 Å². The summed E-state index contributed by atoms with van der Waals surface area (Å²) in [7, 11) is 0. The molecule has 4 nitrogen and oxygen atoms in total. The van der Waals surface area contributed by atoms with E-state index in [1.54, 1.807) is 18.2 Å². The van der Waals surface area contributed by atoms with Crippen molar-refractivity contribution in [1.82, 2.24) is 10.1 Å². The van der Waals surface area contributed by atoms with Gasteiger partial charge in [0.25, 0.3) is 5.89 Å². The normalized spacial score (nSPS) is 10.7. The van der Waals surface area contributed by atoms with Crippen LogP contribution < -0.4 is 4.74 Å². The van der Waals surface area contributed by atoms with Crippen molar-refractivity contribution in [2.24, 2.45) is 0 Å². The number of rotatable bonds is 5. The molecular weight excluding hydrogens is 367 g/mol. The van der Waals surface area contributed by atoms with Crippen LogP contribution in [0.4, 0.5) is 4.39 Å². The smallest absolute Gasteiger partial charge is 0.258 e. The lowest BCUT2D eigenvalue weighted by molar-refractivity contribution is 0.305. The fraction of sp³-hybridized carbons (Fsp3) is 0.0476. The molecule has 27 heavy (non-hydrogen) atoms. The first-order valence-electron chi connectivity index (χ1n) is 8.25. The molecule has 134 valence electrons. The number of benzene rings is 3. The van der Waals surface area contributed by atoms with Crippen molar-refractivity contribution in [1.29, 1.82) is 0 Å². The SMILES string of the molecule is Fc1cccc(COc2ccc(-c3noc(-c4ccc(Cl)cc4)n3)cc2)c1. The first-order chi connectivity index (χ1) is 13.2. The molecule has 4 aromatic rings. The Bertz CT molecular complexity index is 1050. The lowest BCUT2D eigenvalue weighted by Crippen LogP contribution is -1.95. The molecule has 1 aromatic heterocycles. The van der Waals surface area contributed by atoms with Crippen LogP contribution in [0.3, 0.4) is 0 Å². The third kappa shape index (κ3) is 4.15. The minimum absolute atomic E-state index is 0.278. The molecular formula is C21H14ClFN2O2. The predicted octanol–water partition coefficient (Wildman–Crippen LogP) is 5.78. The van der Waals surface area contributed by atoms with Crippen LogP contribution in [-0.4, -0.2) is 10.1 Å². The van der Waals surface area contributed by atoms with Crippen molar-refractivity contribution in [3.8, 4) is 28.6 Å². The van der Waals surface area contributed by atoms with E-state index in [4.69, 9.17) is 20.9 Å². The average Bonchev–Trinajstić information content (AvgIpc) is 3.18. The fourth-order valence-corrected chi connectivity index (χ4v) is 2.67. The molecule has 0 aliphatic rings. The van der Waals surface area contributed by atoms with Crippen LogP contribution in [0.1, 0.15) is 5.56 Å². The Morgan fingerprint density at radius 3 is 2.41 bits per heavy atom. The molecule has 6 heteroatoms. The van der Waals surface area contributed by atoms with Crippen molar-refractivity contribution >= 4 is 11.6 Å². The summed E-state index contributed by atoms with van der Waals surface area (Å²) in [5, 5.41) is 4.66. The molecule has 0 N–H and O–H groups in total. The van der Waals surface area contributed by atoms with Crippen LogP contribution in [0, 0.1) is 5.82 Å². The number of nitrogens with zero attached hydrogens (tertiary/aromatic N) is 2. The van der Waals surface area contributed by atoms with Crippen molar-refractivity contribution in [3.63, 3.8) is 0 Å². The van der Waals surface area contributed by atoms with Crippen LogP contribution in [0.2, 0.25) is 5.02 Å². The molecule has 0 radical (unpaired) electrons. The van der Waals surface area contributed by atoms with E-state index in [1.807, 2.05) is 42.5 Å². The average molecular weight is 381 g/mol. The number of hydrogen-bond donors (Lipinski definition) is 0. The molecule has 0 unspecified atom stereocenters. The van der Waals surface area contributed by atoms with Crippen molar-refractivity contribution in [2.45, 2.75) is 6.61 Å². The van der Waals surface area contributed by atoms with Gasteiger partial charge in [-0.15, -0.1) is 0 Å². The van der Waals surface area contributed by atoms with Crippen molar-refractivity contribution < 1.29 is 13.7 Å². The van der Waals surface area contributed by atoms with Gasteiger partial charge in [-0.3, -0.25) is 0 Å². The van der Waals surface area contributed by atoms with Gasteiger partial charge in [-0.2, -0.15) is 4.98 Å². The maximum atomic E-state index is 13.2. The molecule has 0 saturated carbocycles. The zero-order valence-electron chi connectivity index (χ0n) is 14.1. The highest BCUT2D eigenvalue weighted by Gasteiger charge is 2.10. The lowest BCUT2D eigenvalue weighted by atomic mass is 10.2. The summed E-state index contributed by atoms with van der Waals surface area (Å²) in [4.78, 5) is 4.41. The van der Waals surface area contributed by atoms with Gasteiger partial charge in [0, 0.05) is 16.1 Å². The van der Waals surface area contributed by atoms with Crippen LogP contribution in [0.5, 0.6) is 5.75 Å². The van der Waals surface area contributed by atoms with Gasteiger partial charge < -0.3 is 9.26 Å². The Morgan fingerprint density at radius 1 is 0.926 bits per heavy atom. The Balaban J connectivity index is 1.45. The first-order valence-corrected chi connectivity index (χ1v) is 8.62. The third-order valence-corrected chi connectivity index (χ3v) is 4.18. The van der Waals surface area contributed by atoms with Crippen LogP contribution >= 0.6 is 11.6 Å². The van der Waals surface area contributed by atoms with Gasteiger partial charge in [0.15, 0.2) is 0 Å². The summed E-state index contributed by atoms with van der Waals surface area (Å²) in [6.45, 7) is 0.292. The molecule has 0 saturated heterocycles. The standard InChI is InChI=1S/C21H14ClFN2O2/c22-17-8-4-16(5-9-17)21-24-20(25-27-21)15-6-10-19(11-7-15)26-13-14-2-1-3-18(23)12-14/h1-12H,13H2. The highest BCUT2D eigenvalue weighted by molar-refractivity contribution is 6.30. The maximum Gasteiger partial charge on any atom is 0.258 e. The highest BCUT2D eigenvalue weighted by Crippen LogP contribution is 2.25. The predicted molar refractivity (Wildman–Crippen MR) is 101 cm³/mol. The summed E-state index contributed by atoms with van der Waals surface area (Å²) in [6.07, 6.45) is 0. The van der Waals surface area contributed by atoms with E-state index in [0.29, 0.717) is 29.1 Å². The second-order valence-corrected chi connectivity index (χ2v) is 6.31. The van der Waals surface area contributed by atoms with Crippen molar-refractivity contribution in [3.05, 3.63) is 89.2 Å². The van der Waals surface area contributed by atoms with Crippen molar-refractivity contribution in [2.75, 3.05) is 0 Å². The Labute approximate surface area is 160 Å². The van der Waals surface area contributed by atoms with Gasteiger partial charge in [-0.05, 0) is 66.2 Å². The Kier molecular flexibility index (Phi) is 4.85. The van der Waals surface area contributed by atoms with Gasteiger partial charge in [0.1, 0.15) is 18.2 Å². The fourth-order valence-electron chi connectivity index (χ4n) is 2.54. The summed E-state index contributed by atoms with van der Waals surface area (Å²) >= 11 is 5.89. The topological polar surface area (TPSA) is 48.2 Å². The molecule has 0 aliphatic heterocycles. The van der Waals surface area contributed by atoms with Gasteiger partial charge in [-0.1, -0.05) is 28.9 Å². The van der Waals surface area contributed by atoms with E-state index >= 15 is 0 Å². The number of ether oxygens (including phenoxy) is 1. The summed E-state index contributed by atoms with van der Waals surface area (Å²) in [6, 6.07) is 20.8. The Morgan fingerprint density at radius 2 is 1.67 bits per heavy atom. The molecule has 0 atom stereocenters. The number of aromatic nitrogens is 2. The monoisotopic (exact) mass is 380 g/mol. The zero-order valence-corrected chi connectivity index (χ0v) is 14.9. The molecule has 4 rings (SSSR count). The molecule has 0 aliphatic carbocycles. The largest absolute Gasteiger partial charge is 0.489 e. The van der Waals surface area contributed by atoms with Crippen LogP contribution in [0.15, 0.2) is 77.3 Å². The minimum Gasteiger partial charge on any atom is -0.489 e. The molecule has 1 heterocycles. The van der Waals surface area contributed by atoms with E-state index in [0.717, 1.165) is 16.7 Å². The Hall–Kier alpha value is -3.18. The van der Waals surface area contributed by atoms with E-state index in [1.165, 1.54) is 12.1 Å². The molecule has 0 bridgehead atoms. The highest BCUT2D eigenvalue weighted by atomic mass is 35.5. The molecule has 0 fully saturated rings. The second-order valence-electron chi connectivity index (χ2n) is 5.87. The third-order valence-electron chi connectivity index (χ3n) is 3.92. The first kappa shape index (κ1) is 17.2.